The third-order valence-electron chi connectivity index (χ3n) is 6.89. The fraction of sp³-hybridized carbons (Fsp3) is 0.370. The maximum Gasteiger partial charge on any atom is 0.259 e. The minimum absolute atomic E-state index is 0.108. The van der Waals surface area contributed by atoms with Crippen molar-refractivity contribution in [2.45, 2.75) is 38.6 Å². The van der Waals surface area contributed by atoms with Gasteiger partial charge in [-0.25, -0.2) is 4.98 Å². The standard InChI is InChI=1S/C27H33N5O/c1-27(2,22-12-17-32(3)18-13-22)21-6-8-23(9-7-21)31-26(33)24-5-4-14-29-25(24)30-19-20-10-15-28-16-11-20/h4-11,14-16,22H,12-13,17-19H2,1-3H3,(H,29,30)(H,31,33). The first-order valence-electron chi connectivity index (χ1n) is 11.6. The van der Waals surface area contributed by atoms with Crippen LogP contribution in [0.15, 0.2) is 67.1 Å². The number of carbonyl (C=O) groups is 1. The van der Waals surface area contributed by atoms with Crippen molar-refractivity contribution in [3.05, 3.63) is 83.8 Å². The van der Waals surface area contributed by atoms with Crippen LogP contribution in [0.4, 0.5) is 11.5 Å². The van der Waals surface area contributed by atoms with Crippen molar-refractivity contribution in [1.82, 2.24) is 14.9 Å². The Morgan fingerprint density at radius 1 is 1.03 bits per heavy atom. The predicted molar refractivity (Wildman–Crippen MR) is 133 cm³/mol. The molecule has 33 heavy (non-hydrogen) atoms. The number of aromatic nitrogens is 2. The van der Waals surface area contributed by atoms with E-state index in [0.717, 1.165) is 24.3 Å². The first-order chi connectivity index (χ1) is 15.9. The van der Waals surface area contributed by atoms with Crippen molar-refractivity contribution in [3.8, 4) is 0 Å². The highest BCUT2D eigenvalue weighted by atomic mass is 16.1. The molecule has 0 aliphatic carbocycles. The highest BCUT2D eigenvalue weighted by molar-refractivity contribution is 6.07. The van der Waals surface area contributed by atoms with Crippen LogP contribution >= 0.6 is 0 Å². The molecule has 0 radical (unpaired) electrons. The highest BCUT2D eigenvalue weighted by Crippen LogP contribution is 2.38. The molecule has 1 aromatic carbocycles. The van der Waals surface area contributed by atoms with Crippen LogP contribution in [0.2, 0.25) is 0 Å². The van der Waals surface area contributed by atoms with E-state index in [1.165, 1.54) is 18.4 Å². The number of benzene rings is 1. The van der Waals surface area contributed by atoms with Crippen molar-refractivity contribution in [3.63, 3.8) is 0 Å². The average Bonchev–Trinajstić information content (AvgIpc) is 2.84. The molecule has 1 amide bonds. The van der Waals surface area contributed by atoms with Gasteiger partial charge in [0, 0.05) is 30.8 Å². The van der Waals surface area contributed by atoms with Crippen LogP contribution in [0.25, 0.3) is 0 Å². The third kappa shape index (κ3) is 5.57. The molecule has 1 fully saturated rings. The van der Waals surface area contributed by atoms with Gasteiger partial charge >= 0.3 is 0 Å². The van der Waals surface area contributed by atoms with E-state index in [0.29, 0.717) is 23.8 Å². The minimum Gasteiger partial charge on any atom is -0.365 e. The summed E-state index contributed by atoms with van der Waals surface area (Å²) in [5.41, 5.74) is 3.80. The van der Waals surface area contributed by atoms with E-state index in [4.69, 9.17) is 0 Å². The Morgan fingerprint density at radius 3 is 2.42 bits per heavy atom. The Kier molecular flexibility index (Phi) is 7.04. The summed E-state index contributed by atoms with van der Waals surface area (Å²) >= 11 is 0. The summed E-state index contributed by atoms with van der Waals surface area (Å²) in [4.78, 5) is 23.8. The fourth-order valence-corrected chi connectivity index (χ4v) is 4.56. The Bertz CT molecular complexity index is 1060. The van der Waals surface area contributed by atoms with Crippen molar-refractivity contribution >= 4 is 17.4 Å². The zero-order valence-corrected chi connectivity index (χ0v) is 19.7. The molecule has 0 atom stereocenters. The van der Waals surface area contributed by atoms with E-state index in [2.05, 4.69) is 58.5 Å². The number of piperidine rings is 1. The summed E-state index contributed by atoms with van der Waals surface area (Å²) in [6, 6.07) is 15.7. The number of amides is 1. The maximum atomic E-state index is 13.0. The molecule has 6 heteroatoms. The molecule has 172 valence electrons. The molecule has 3 heterocycles. The third-order valence-corrected chi connectivity index (χ3v) is 6.89. The molecule has 0 saturated carbocycles. The minimum atomic E-state index is -0.178. The van der Waals surface area contributed by atoms with E-state index >= 15 is 0 Å². The van der Waals surface area contributed by atoms with Crippen LogP contribution in [0.3, 0.4) is 0 Å². The first kappa shape index (κ1) is 22.9. The fourth-order valence-electron chi connectivity index (χ4n) is 4.56. The van der Waals surface area contributed by atoms with Gasteiger partial charge in [0.05, 0.1) is 5.56 Å². The van der Waals surface area contributed by atoms with Gasteiger partial charge in [0.25, 0.3) is 5.91 Å². The quantitative estimate of drug-likeness (QED) is 0.540. The smallest absolute Gasteiger partial charge is 0.259 e. The molecule has 1 saturated heterocycles. The maximum absolute atomic E-state index is 13.0. The molecule has 2 N–H and O–H groups in total. The van der Waals surface area contributed by atoms with Gasteiger partial charge in [-0.1, -0.05) is 26.0 Å². The van der Waals surface area contributed by atoms with Gasteiger partial charge in [-0.15, -0.1) is 0 Å². The lowest BCUT2D eigenvalue weighted by molar-refractivity contribution is 0.102. The summed E-state index contributed by atoms with van der Waals surface area (Å²) in [7, 11) is 2.20. The van der Waals surface area contributed by atoms with Gasteiger partial charge in [0.15, 0.2) is 0 Å². The molecule has 3 aromatic rings. The van der Waals surface area contributed by atoms with Crippen LogP contribution in [0.1, 0.15) is 48.2 Å². The summed E-state index contributed by atoms with van der Waals surface area (Å²) in [5, 5.41) is 6.29. The first-order valence-corrected chi connectivity index (χ1v) is 11.6. The molecule has 6 nitrogen and oxygen atoms in total. The molecule has 4 rings (SSSR count). The van der Waals surface area contributed by atoms with Crippen molar-refractivity contribution < 1.29 is 4.79 Å². The Balaban J connectivity index is 1.42. The van der Waals surface area contributed by atoms with Gasteiger partial charge in [0.2, 0.25) is 0 Å². The number of carbonyl (C=O) groups excluding carboxylic acids is 1. The predicted octanol–water partition coefficient (Wildman–Crippen LogP) is 4.96. The number of rotatable bonds is 7. The van der Waals surface area contributed by atoms with Gasteiger partial charge in [-0.2, -0.15) is 0 Å². The summed E-state index contributed by atoms with van der Waals surface area (Å²) in [5.74, 6) is 1.05. The lowest BCUT2D eigenvalue weighted by Crippen LogP contribution is -2.39. The van der Waals surface area contributed by atoms with Crippen molar-refractivity contribution in [2.24, 2.45) is 5.92 Å². The Morgan fingerprint density at radius 2 is 1.73 bits per heavy atom. The second-order valence-corrected chi connectivity index (χ2v) is 9.44. The molecular weight excluding hydrogens is 410 g/mol. The van der Waals surface area contributed by atoms with E-state index in [1.807, 2.05) is 24.3 Å². The SMILES string of the molecule is CN1CCC(C(C)(C)c2ccc(NC(=O)c3cccnc3NCc3ccncc3)cc2)CC1. The summed E-state index contributed by atoms with van der Waals surface area (Å²) in [6.45, 7) is 7.57. The van der Waals surface area contributed by atoms with E-state index < -0.39 is 0 Å². The Hall–Kier alpha value is -3.25. The van der Waals surface area contributed by atoms with Crippen LogP contribution in [0, 0.1) is 5.92 Å². The van der Waals surface area contributed by atoms with Crippen LogP contribution in [0.5, 0.6) is 0 Å². The lowest BCUT2D eigenvalue weighted by Gasteiger charge is -2.40. The second-order valence-electron chi connectivity index (χ2n) is 9.44. The number of nitrogens with zero attached hydrogens (tertiary/aromatic N) is 3. The number of anilines is 2. The van der Waals surface area contributed by atoms with Crippen LogP contribution < -0.4 is 10.6 Å². The zero-order chi connectivity index (χ0) is 23.3. The van der Waals surface area contributed by atoms with E-state index in [1.54, 1.807) is 30.7 Å². The number of hydrogen-bond donors (Lipinski definition) is 2. The topological polar surface area (TPSA) is 70.2 Å². The molecule has 1 aliphatic heterocycles. The van der Waals surface area contributed by atoms with E-state index in [-0.39, 0.29) is 11.3 Å². The van der Waals surface area contributed by atoms with Gasteiger partial charge in [-0.3, -0.25) is 9.78 Å². The molecule has 2 aromatic heterocycles. The van der Waals surface area contributed by atoms with Gasteiger partial charge < -0.3 is 15.5 Å². The molecule has 0 spiro atoms. The summed E-state index contributed by atoms with van der Waals surface area (Å²) in [6.07, 6.45) is 7.63. The largest absolute Gasteiger partial charge is 0.365 e. The van der Waals surface area contributed by atoms with Crippen molar-refractivity contribution in [2.75, 3.05) is 30.8 Å². The second kappa shape index (κ2) is 10.1. The van der Waals surface area contributed by atoms with Crippen LogP contribution in [-0.2, 0) is 12.0 Å². The average molecular weight is 444 g/mol. The number of pyridine rings is 2. The number of hydrogen-bond acceptors (Lipinski definition) is 5. The molecule has 0 unspecified atom stereocenters. The number of nitrogens with one attached hydrogen (secondary N) is 2. The molecule has 1 aliphatic rings. The highest BCUT2D eigenvalue weighted by Gasteiger charge is 2.33. The zero-order valence-electron chi connectivity index (χ0n) is 19.7. The van der Waals surface area contributed by atoms with Crippen LogP contribution in [-0.4, -0.2) is 40.9 Å². The Labute approximate surface area is 196 Å². The van der Waals surface area contributed by atoms with E-state index in [9.17, 15) is 4.79 Å². The monoisotopic (exact) mass is 443 g/mol. The lowest BCUT2D eigenvalue weighted by atomic mass is 9.69. The summed E-state index contributed by atoms with van der Waals surface area (Å²) < 4.78 is 0. The molecular formula is C27H33N5O. The molecule has 0 bridgehead atoms. The van der Waals surface area contributed by atoms with Gasteiger partial charge in [0.1, 0.15) is 5.82 Å². The number of likely N-dealkylation sites (tertiary alicyclic amines) is 1. The normalized spacial score (nSPS) is 15.2. The van der Waals surface area contributed by atoms with Gasteiger partial charge in [-0.05, 0) is 91.8 Å². The van der Waals surface area contributed by atoms with Crippen molar-refractivity contribution in [1.29, 1.82) is 0 Å².